The Balaban J connectivity index is 0.000000384. The van der Waals surface area contributed by atoms with Crippen LogP contribution in [-0.4, -0.2) is 78.8 Å². The van der Waals surface area contributed by atoms with Gasteiger partial charge >= 0.3 is 113 Å². The van der Waals surface area contributed by atoms with E-state index in [9.17, 15) is 53.4 Å². The number of aromatic hydroxyl groups is 1. The second kappa shape index (κ2) is 51.8. The second-order valence-corrected chi connectivity index (χ2v) is 26.8. The van der Waals surface area contributed by atoms with Crippen molar-refractivity contribution in [2.45, 2.75) is 97.9 Å². The van der Waals surface area contributed by atoms with E-state index < -0.39 is 40.6 Å². The molecular weight excluding hydrogens is 1650 g/mol. The number of phenolic OH excluding ortho intramolecular Hbond substituents is 1. The average Bonchev–Trinajstić information content (AvgIpc) is 0.785. The number of rotatable bonds is 16. The first-order valence-electron chi connectivity index (χ1n) is 36.1. The maximum Gasteiger partial charge on any atom is 1.00 e. The molecule has 8 aromatic carbocycles. The minimum absolute atomic E-state index is 0. The number of carboxylic acids is 1. The molecule has 6 heterocycles. The summed E-state index contributed by atoms with van der Waals surface area (Å²) in [5, 5.41) is 38.2. The number of alkyl halides is 1. The molecular formula is C89H80BBrN4NaO24S. The van der Waals surface area contributed by atoms with Gasteiger partial charge in [-0.1, -0.05) is 114 Å². The zero-order valence-corrected chi connectivity index (χ0v) is 70.9. The zero-order chi connectivity index (χ0) is 88.4. The summed E-state index contributed by atoms with van der Waals surface area (Å²) in [6, 6.07) is 61.6. The van der Waals surface area contributed by atoms with Crippen molar-refractivity contribution in [2.75, 3.05) is 6.61 Å². The monoisotopic (exact) mass is 1730 g/mol. The van der Waals surface area contributed by atoms with Crippen LogP contribution in [0.4, 0.5) is 0 Å². The predicted octanol–water partition coefficient (Wildman–Crippen LogP) is 11.2. The number of thiol groups is 1. The van der Waals surface area contributed by atoms with Crippen molar-refractivity contribution in [1.82, 2.24) is 5.32 Å². The summed E-state index contributed by atoms with van der Waals surface area (Å²) in [4.78, 5) is 154. The Hall–Kier alpha value is -13.3. The molecule has 1 aliphatic rings. The van der Waals surface area contributed by atoms with Gasteiger partial charge in [0.1, 0.15) is 45.5 Å². The third-order valence-corrected chi connectivity index (χ3v) is 18.7. The van der Waals surface area contributed by atoms with Crippen molar-refractivity contribution in [3.05, 3.63) is 326 Å². The van der Waals surface area contributed by atoms with E-state index in [-0.39, 0.29) is 96.2 Å². The fourth-order valence-electron chi connectivity index (χ4n) is 12.2. The summed E-state index contributed by atoms with van der Waals surface area (Å²) in [5.74, 6) is -2.24. The standard InChI is InChI=1S/C24H26O4.C20H15NO5.C19H16O5.C11H9BrO2.C11H10O2.2CHNO.2CO2.BHNS.Na.H/c1-4-24(23(26)27-5-2,15-18-9-7-6-8-10-18)16-20-14-19-11-12-22(25)28-21(19)13-17(20)3;22-18(8-12-4-2-1-3-5-12)21-15-10-14-9-13-6-7-19(23)25-16(13)11-17(14)26-20(15)24;20-16-11-17-13(6-7-18(21)24-17)9-14(16)10-15(19(22)23)8-12-4-2-1-3-5-12;1-7-4-10-8(5-9(7)6-12)2-3-11(13)14-10;1-7-5-9-3-4-11(12)13-10(9)6-8(7)2;4*2-1-3;1-2-3;;/h6-14H,4-5,15-16H2,1-3H3;1-7,9,11,15H,8,10H2,(H,21,22);1-7,9,11,15,20H,8,10H2,(H,22,23);2-5H,6H2,1H3;3-6H,1-2H3;2*2H;;;3H;;/q;;;;;;;;;;+1;-1. The zero-order valence-electron chi connectivity index (χ0n) is 67.5. The molecule has 0 aliphatic carbocycles. The smallest absolute Gasteiger partial charge is 1.00 e. The van der Waals surface area contributed by atoms with E-state index in [1.807, 2.05) is 169 Å². The van der Waals surface area contributed by atoms with Gasteiger partial charge < -0.3 is 48.5 Å². The number of carbonyl (C=O) groups excluding carboxylic acids is 9. The van der Waals surface area contributed by atoms with Crippen molar-refractivity contribution in [3.8, 4) is 11.5 Å². The molecule has 32 heteroatoms. The molecule has 13 aromatic rings. The molecule has 0 bridgehead atoms. The van der Waals surface area contributed by atoms with E-state index in [1.165, 1.54) is 53.6 Å². The number of ether oxygens (including phenoxy) is 2. The Morgan fingerprint density at radius 3 is 1.35 bits per heavy atom. The number of halogens is 1. The van der Waals surface area contributed by atoms with E-state index in [2.05, 4.69) is 46.0 Å². The molecule has 5 N–H and O–H groups in total. The molecule has 1 amide bonds. The predicted molar refractivity (Wildman–Crippen MR) is 450 cm³/mol. The molecule has 0 fully saturated rings. The molecule has 14 rings (SSSR count). The molecule has 1 radical (unpaired) electrons. The Labute approximate surface area is 728 Å². The third-order valence-electron chi connectivity index (χ3n) is 18.1. The number of benzene rings is 8. The van der Waals surface area contributed by atoms with Crippen LogP contribution in [0.25, 0.3) is 54.8 Å². The Bertz CT molecular complexity index is 6140. The Kier molecular flexibility index (Phi) is 42.8. The van der Waals surface area contributed by atoms with Crippen molar-refractivity contribution >= 4 is 140 Å². The first kappa shape index (κ1) is 100. The largest absolute Gasteiger partial charge is 1.00 e. The van der Waals surface area contributed by atoms with Crippen LogP contribution in [-0.2, 0) is 96.5 Å². The van der Waals surface area contributed by atoms with Crippen LogP contribution >= 0.6 is 28.7 Å². The maximum atomic E-state index is 13.0. The molecule has 121 heavy (non-hydrogen) atoms. The number of amides is 1. The number of hydrogen-bond donors (Lipinski definition) is 6. The van der Waals surface area contributed by atoms with Crippen LogP contribution in [0.1, 0.15) is 82.9 Å². The van der Waals surface area contributed by atoms with Crippen molar-refractivity contribution in [1.29, 1.82) is 10.8 Å². The number of nitrogens with one attached hydrogen (secondary N) is 3. The summed E-state index contributed by atoms with van der Waals surface area (Å²) >= 11 is 6.61. The van der Waals surface area contributed by atoms with Gasteiger partial charge in [-0.05, 0) is 207 Å². The van der Waals surface area contributed by atoms with Gasteiger partial charge in [0.25, 0.3) is 0 Å². The second-order valence-electron chi connectivity index (χ2n) is 26.0. The summed E-state index contributed by atoms with van der Waals surface area (Å²) in [7, 11) is 4.34. The van der Waals surface area contributed by atoms with Crippen molar-refractivity contribution in [2.24, 2.45) is 15.6 Å². The van der Waals surface area contributed by atoms with E-state index >= 15 is 0 Å². The summed E-state index contributed by atoms with van der Waals surface area (Å²) in [6.07, 6.45) is 4.93. The normalized spacial score (nSPS) is 11.7. The molecule has 1 aliphatic heterocycles. The van der Waals surface area contributed by atoms with Crippen LogP contribution in [0.2, 0.25) is 0 Å². The number of carbonyl (C=O) groups is 4. The number of hydrogen-bond acceptors (Lipinski definition) is 27. The number of carboxylic acid groups (broad SMARTS) is 1. The molecule has 3 atom stereocenters. The maximum absolute atomic E-state index is 13.0. The molecule has 5 aromatic heterocycles. The van der Waals surface area contributed by atoms with Gasteiger partial charge in [-0.2, -0.15) is 19.2 Å². The fraction of sp³-hybridized carbons (Fsp3) is 0.202. The van der Waals surface area contributed by atoms with Crippen LogP contribution in [0, 0.1) is 49.8 Å². The number of nitrogens with zero attached hydrogens (tertiary/aromatic N) is 1. The summed E-state index contributed by atoms with van der Waals surface area (Å²) < 4.78 is 39.0. The van der Waals surface area contributed by atoms with E-state index in [0.29, 0.717) is 77.7 Å². The number of aliphatic carboxylic acids is 1. The van der Waals surface area contributed by atoms with Crippen LogP contribution in [0.5, 0.6) is 11.5 Å². The third kappa shape index (κ3) is 31.8. The topological polar surface area (TPSA) is 453 Å². The number of aryl methyl sites for hydroxylation is 4. The minimum Gasteiger partial charge on any atom is -1.00 e. The molecule has 617 valence electrons. The Morgan fingerprint density at radius 1 is 0.545 bits per heavy atom. The van der Waals surface area contributed by atoms with Gasteiger partial charge in [-0.15, -0.1) is 0 Å². The number of isocyanates is 2. The van der Waals surface area contributed by atoms with Crippen molar-refractivity contribution < 1.29 is 121 Å². The van der Waals surface area contributed by atoms with Gasteiger partial charge in [0.05, 0.1) is 24.4 Å². The summed E-state index contributed by atoms with van der Waals surface area (Å²) in [5.41, 5.74) is 10.9. The molecule has 0 spiro atoms. The SMILES string of the molecule is CCOC(=O)C(CC)(Cc1ccccc1)Cc1cc2ccc(=O)oc2cc1C.Cc1cc2ccc(=O)oc2cc1C.Cc1cc2oc(=O)ccc2cc1CBr.N=C=O.N=C=O.O=C(Cc1ccccc1)NC1Cc2cc3ccc(=O)oc3cc2OC1=O.O=C(O)C(Cc1ccccc1)Cc1cc2ccc(=O)oc2cc1O.O=C=O.O=C=O.[B]=NS.[H-].[Na+]. The molecule has 0 saturated heterocycles. The van der Waals surface area contributed by atoms with Crippen LogP contribution in [0.15, 0.2) is 263 Å². The average molecular weight is 1740 g/mol. The van der Waals surface area contributed by atoms with Crippen LogP contribution < -0.4 is 67.7 Å². The fourth-order valence-corrected chi connectivity index (χ4v) is 12.8. The van der Waals surface area contributed by atoms with Crippen LogP contribution in [0.3, 0.4) is 0 Å². The molecule has 0 saturated carbocycles. The van der Waals surface area contributed by atoms with E-state index in [0.717, 1.165) is 83.5 Å². The van der Waals surface area contributed by atoms with Gasteiger partial charge in [0.15, 0.2) is 0 Å². The van der Waals surface area contributed by atoms with E-state index in [1.54, 1.807) is 42.5 Å². The number of fused-ring (bicyclic) bond motifs is 6. The summed E-state index contributed by atoms with van der Waals surface area (Å²) in [6.45, 7) is 12.3. The van der Waals surface area contributed by atoms with E-state index in [4.69, 9.17) is 71.1 Å². The number of phenols is 1. The quantitative estimate of drug-likeness (QED) is 0.00765. The number of esters is 2. The molecule has 28 nitrogen and oxygen atoms in total. The molecule has 3 unspecified atom stereocenters. The minimum atomic E-state index is -0.919. The van der Waals surface area contributed by atoms with Crippen molar-refractivity contribution in [3.63, 3.8) is 0 Å². The first-order chi connectivity index (χ1) is 57.5. The van der Waals surface area contributed by atoms with Gasteiger partial charge in [-0.25, -0.2) is 49.2 Å². The first-order valence-corrected chi connectivity index (χ1v) is 37.7. The van der Waals surface area contributed by atoms with Gasteiger partial charge in [-0.3, -0.25) is 14.4 Å². The Morgan fingerprint density at radius 2 is 0.917 bits per heavy atom. The van der Waals surface area contributed by atoms with Gasteiger partial charge in [0.2, 0.25) is 18.1 Å². The van der Waals surface area contributed by atoms with Gasteiger partial charge in [0, 0.05) is 81.1 Å².